The van der Waals surface area contributed by atoms with Gasteiger partial charge in [-0.3, -0.25) is 0 Å². The highest BCUT2D eigenvalue weighted by atomic mass is 16.7. The summed E-state index contributed by atoms with van der Waals surface area (Å²) in [5.41, 5.74) is 3.09. The normalized spacial score (nSPS) is 27.2. The second-order valence-electron chi connectivity index (χ2n) is 9.35. The third-order valence-corrected chi connectivity index (χ3v) is 6.43. The van der Waals surface area contributed by atoms with Crippen LogP contribution in [0.15, 0.2) is 91.0 Å². The van der Waals surface area contributed by atoms with Crippen molar-refractivity contribution in [2.75, 3.05) is 19.8 Å². The summed E-state index contributed by atoms with van der Waals surface area (Å²) in [6.45, 7) is 2.37. The Labute approximate surface area is 217 Å². The predicted octanol–water partition coefficient (Wildman–Crippen LogP) is 3.88. The van der Waals surface area contributed by atoms with E-state index in [1.54, 1.807) is 0 Å². The van der Waals surface area contributed by atoms with Crippen molar-refractivity contribution in [2.45, 2.75) is 56.6 Å². The largest absolute Gasteiger partial charge is 0.385 e. The number of epoxide rings is 1. The summed E-state index contributed by atoms with van der Waals surface area (Å²) in [5, 5.41) is 11.3. The van der Waals surface area contributed by atoms with Crippen LogP contribution in [0, 0.1) is 0 Å². The number of aliphatic hydroxyl groups is 1. The van der Waals surface area contributed by atoms with E-state index in [2.05, 4.69) is 0 Å². The fourth-order valence-corrected chi connectivity index (χ4v) is 4.33. The average Bonchev–Trinajstić information content (AvgIpc) is 3.78. The molecule has 6 atom stereocenters. The summed E-state index contributed by atoms with van der Waals surface area (Å²) >= 11 is 0. The molecule has 0 unspecified atom stereocenters. The van der Waals surface area contributed by atoms with E-state index in [0.717, 1.165) is 16.7 Å². The maximum atomic E-state index is 11.3. The number of hydrogen-bond acceptors (Lipinski definition) is 7. The molecule has 0 aliphatic carbocycles. The number of ether oxygens (including phenoxy) is 6. The Kier molecular flexibility index (Phi) is 9.32. The summed E-state index contributed by atoms with van der Waals surface area (Å²) in [6.07, 6.45) is -3.67. The van der Waals surface area contributed by atoms with Gasteiger partial charge in [0, 0.05) is 0 Å². The lowest BCUT2D eigenvalue weighted by Crippen LogP contribution is -2.61. The number of hydrogen-bond donors (Lipinski definition) is 1. The van der Waals surface area contributed by atoms with Gasteiger partial charge in [-0.05, 0) is 16.7 Å². The molecule has 0 spiro atoms. The van der Waals surface area contributed by atoms with E-state index in [9.17, 15) is 5.11 Å². The van der Waals surface area contributed by atoms with Crippen molar-refractivity contribution in [1.29, 1.82) is 0 Å². The van der Waals surface area contributed by atoms with E-state index >= 15 is 0 Å². The standard InChI is InChI=1S/C30H34O7/c31-27-29(35-18-24-14-8-3-9-15-24)28(34-17-23-12-6-2-7-13-23)26(37-30(27)36-20-25-19-33-25)21-32-16-22-10-4-1-5-11-22/h1-15,25-31H,16-21H2/t25-,26-,27-,28-,29-,30-/m1/s1. The molecule has 5 rings (SSSR count). The zero-order chi connectivity index (χ0) is 25.3. The zero-order valence-electron chi connectivity index (χ0n) is 20.8. The second kappa shape index (κ2) is 13.3. The van der Waals surface area contributed by atoms with E-state index in [-0.39, 0.29) is 12.7 Å². The molecule has 196 valence electrons. The maximum Gasteiger partial charge on any atom is 0.186 e. The van der Waals surface area contributed by atoms with E-state index in [4.69, 9.17) is 28.4 Å². The molecule has 0 saturated carbocycles. The Morgan fingerprint density at radius 2 is 1.16 bits per heavy atom. The molecule has 2 aliphatic rings. The van der Waals surface area contributed by atoms with E-state index in [0.29, 0.717) is 33.0 Å². The number of rotatable bonds is 13. The molecule has 3 aromatic rings. The van der Waals surface area contributed by atoms with Crippen LogP contribution in [0.4, 0.5) is 0 Å². The molecule has 2 fully saturated rings. The van der Waals surface area contributed by atoms with Crippen molar-refractivity contribution in [3.63, 3.8) is 0 Å². The molecule has 3 aromatic carbocycles. The van der Waals surface area contributed by atoms with Crippen LogP contribution in [0.2, 0.25) is 0 Å². The predicted molar refractivity (Wildman–Crippen MR) is 136 cm³/mol. The Morgan fingerprint density at radius 3 is 1.70 bits per heavy atom. The van der Waals surface area contributed by atoms with Gasteiger partial charge in [-0.15, -0.1) is 0 Å². The third kappa shape index (κ3) is 7.69. The number of benzene rings is 3. The van der Waals surface area contributed by atoms with E-state index in [1.807, 2.05) is 91.0 Å². The van der Waals surface area contributed by atoms with Crippen molar-refractivity contribution in [2.24, 2.45) is 0 Å². The topological polar surface area (TPSA) is 78.9 Å². The van der Waals surface area contributed by atoms with Gasteiger partial charge in [0.1, 0.15) is 30.5 Å². The molecule has 0 amide bonds. The van der Waals surface area contributed by atoms with E-state index in [1.165, 1.54) is 0 Å². The number of aliphatic hydroxyl groups excluding tert-OH is 1. The van der Waals surface area contributed by atoms with Gasteiger partial charge in [0.15, 0.2) is 6.29 Å². The first-order valence-electron chi connectivity index (χ1n) is 12.8. The zero-order valence-corrected chi connectivity index (χ0v) is 20.8. The Morgan fingerprint density at radius 1 is 0.649 bits per heavy atom. The fourth-order valence-electron chi connectivity index (χ4n) is 4.33. The van der Waals surface area contributed by atoms with Gasteiger partial charge in [0.05, 0.1) is 39.6 Å². The van der Waals surface area contributed by atoms with Gasteiger partial charge in [-0.2, -0.15) is 0 Å². The summed E-state index contributed by atoms with van der Waals surface area (Å²) in [5.74, 6) is 0. The van der Waals surface area contributed by atoms with Gasteiger partial charge < -0.3 is 33.5 Å². The highest BCUT2D eigenvalue weighted by Crippen LogP contribution is 2.29. The summed E-state index contributed by atoms with van der Waals surface area (Å²) < 4.78 is 36.2. The Balaban J connectivity index is 1.32. The van der Waals surface area contributed by atoms with E-state index < -0.39 is 30.7 Å². The van der Waals surface area contributed by atoms with Gasteiger partial charge in [-0.25, -0.2) is 0 Å². The average molecular weight is 507 g/mol. The van der Waals surface area contributed by atoms with Crippen LogP contribution < -0.4 is 0 Å². The van der Waals surface area contributed by atoms with Crippen molar-refractivity contribution >= 4 is 0 Å². The quantitative estimate of drug-likeness (QED) is 0.353. The fraction of sp³-hybridized carbons (Fsp3) is 0.400. The first-order chi connectivity index (χ1) is 18.3. The van der Waals surface area contributed by atoms with Crippen LogP contribution in [-0.2, 0) is 48.2 Å². The minimum atomic E-state index is -1.05. The molecule has 7 heteroatoms. The first kappa shape index (κ1) is 26.0. The minimum absolute atomic E-state index is 0.0410. The SMILES string of the molecule is O[C@H]1[C@H](OC[C@H]2CO2)O[C@H](COCc2ccccc2)[C@@H](OCc2ccccc2)[C@@H]1OCc1ccccc1. The molecule has 0 aromatic heterocycles. The van der Waals surface area contributed by atoms with Crippen LogP contribution in [0.3, 0.4) is 0 Å². The van der Waals surface area contributed by atoms with Crippen molar-refractivity contribution in [3.05, 3.63) is 108 Å². The van der Waals surface area contributed by atoms with Crippen LogP contribution in [0.5, 0.6) is 0 Å². The monoisotopic (exact) mass is 506 g/mol. The molecule has 2 saturated heterocycles. The highest BCUT2D eigenvalue weighted by Gasteiger charge is 2.48. The van der Waals surface area contributed by atoms with Crippen LogP contribution in [0.25, 0.3) is 0 Å². The molecule has 0 radical (unpaired) electrons. The lowest BCUT2D eigenvalue weighted by atomic mass is 9.98. The highest BCUT2D eigenvalue weighted by molar-refractivity contribution is 5.15. The molecule has 1 N–H and O–H groups in total. The van der Waals surface area contributed by atoms with Gasteiger partial charge in [-0.1, -0.05) is 91.0 Å². The molecular formula is C30H34O7. The molecule has 2 heterocycles. The maximum absolute atomic E-state index is 11.3. The Hall–Kier alpha value is -2.62. The van der Waals surface area contributed by atoms with Crippen molar-refractivity contribution in [1.82, 2.24) is 0 Å². The smallest absolute Gasteiger partial charge is 0.186 e. The molecule has 0 bridgehead atoms. The molecule has 37 heavy (non-hydrogen) atoms. The van der Waals surface area contributed by atoms with Crippen LogP contribution >= 0.6 is 0 Å². The van der Waals surface area contributed by atoms with Crippen LogP contribution in [-0.4, -0.2) is 61.7 Å². The lowest BCUT2D eigenvalue weighted by Gasteiger charge is -2.44. The van der Waals surface area contributed by atoms with Crippen LogP contribution in [0.1, 0.15) is 16.7 Å². The van der Waals surface area contributed by atoms with Crippen molar-refractivity contribution in [3.8, 4) is 0 Å². The van der Waals surface area contributed by atoms with Gasteiger partial charge in [0.2, 0.25) is 0 Å². The molecule has 7 nitrogen and oxygen atoms in total. The van der Waals surface area contributed by atoms with Gasteiger partial charge in [0.25, 0.3) is 0 Å². The summed E-state index contributed by atoms with van der Waals surface area (Å²) in [7, 11) is 0. The minimum Gasteiger partial charge on any atom is -0.385 e. The molecular weight excluding hydrogens is 472 g/mol. The Bertz CT molecular complexity index is 1050. The lowest BCUT2D eigenvalue weighted by molar-refractivity contribution is -0.319. The third-order valence-electron chi connectivity index (χ3n) is 6.43. The summed E-state index contributed by atoms with van der Waals surface area (Å²) in [4.78, 5) is 0. The van der Waals surface area contributed by atoms with Gasteiger partial charge >= 0.3 is 0 Å². The first-order valence-corrected chi connectivity index (χ1v) is 12.8. The van der Waals surface area contributed by atoms with Crippen molar-refractivity contribution < 1.29 is 33.5 Å². The second-order valence-corrected chi connectivity index (χ2v) is 9.35. The molecule has 2 aliphatic heterocycles. The summed E-state index contributed by atoms with van der Waals surface area (Å²) in [6, 6.07) is 29.7.